The summed E-state index contributed by atoms with van der Waals surface area (Å²) in [5.74, 6) is 0. The molecule has 18 heavy (non-hydrogen) atoms. The maximum atomic E-state index is 11.9. The number of aromatic nitrogens is 2. The molecule has 1 N–H and O–H groups in total. The van der Waals surface area contributed by atoms with Gasteiger partial charge in [0.25, 0.3) is 5.56 Å². The third-order valence-corrected chi connectivity index (χ3v) is 3.82. The first kappa shape index (κ1) is 13.4. The van der Waals surface area contributed by atoms with Crippen molar-refractivity contribution in [3.8, 4) is 0 Å². The van der Waals surface area contributed by atoms with Crippen LogP contribution < -0.4 is 11.2 Å². The van der Waals surface area contributed by atoms with E-state index < -0.39 is 5.69 Å². The second kappa shape index (κ2) is 5.71. The summed E-state index contributed by atoms with van der Waals surface area (Å²) in [7, 11) is 0. The van der Waals surface area contributed by atoms with Gasteiger partial charge in [0.1, 0.15) is 5.15 Å². The minimum atomic E-state index is -0.424. The van der Waals surface area contributed by atoms with Crippen LogP contribution in [0.15, 0.2) is 9.59 Å². The Morgan fingerprint density at radius 1 is 1.17 bits per heavy atom. The third-order valence-electron chi connectivity index (χ3n) is 3.45. The molecule has 6 heteroatoms. The predicted octanol–water partition coefficient (Wildman–Crippen LogP) is 0.984. The number of rotatable bonds is 3. The SMILES string of the molecule is Cc1c(Cl)[nH]c(=O)n(CCN2CCCCC2)c1=O. The van der Waals surface area contributed by atoms with Crippen LogP contribution in [0.2, 0.25) is 5.15 Å². The van der Waals surface area contributed by atoms with Gasteiger partial charge in [-0.2, -0.15) is 0 Å². The molecule has 0 aromatic carbocycles. The maximum absolute atomic E-state index is 11.9. The first-order chi connectivity index (χ1) is 8.59. The molecule has 0 radical (unpaired) electrons. The van der Waals surface area contributed by atoms with Crippen molar-refractivity contribution in [3.63, 3.8) is 0 Å². The highest BCUT2D eigenvalue weighted by Gasteiger charge is 2.12. The van der Waals surface area contributed by atoms with Crippen molar-refractivity contribution in [3.05, 3.63) is 31.6 Å². The fourth-order valence-corrected chi connectivity index (χ4v) is 2.43. The largest absolute Gasteiger partial charge is 0.329 e. The van der Waals surface area contributed by atoms with Crippen molar-refractivity contribution in [2.45, 2.75) is 32.7 Å². The van der Waals surface area contributed by atoms with E-state index in [2.05, 4.69) is 9.88 Å². The summed E-state index contributed by atoms with van der Waals surface area (Å²) in [6.45, 7) is 4.90. The van der Waals surface area contributed by atoms with E-state index in [0.29, 0.717) is 12.1 Å². The van der Waals surface area contributed by atoms with Crippen LogP contribution in [0.3, 0.4) is 0 Å². The number of hydrogen-bond acceptors (Lipinski definition) is 3. The van der Waals surface area contributed by atoms with Crippen LogP contribution in [0.4, 0.5) is 0 Å². The molecule has 0 bridgehead atoms. The normalized spacial score (nSPS) is 17.0. The summed E-state index contributed by atoms with van der Waals surface area (Å²) in [5, 5.41) is 0.138. The molecule has 0 unspecified atom stereocenters. The number of nitrogens with zero attached hydrogens (tertiary/aromatic N) is 2. The van der Waals surface area contributed by atoms with Crippen molar-refractivity contribution >= 4 is 11.6 Å². The minimum Gasteiger partial charge on any atom is -0.302 e. The molecular formula is C12H18ClN3O2. The second-order valence-electron chi connectivity index (χ2n) is 4.73. The summed E-state index contributed by atoms with van der Waals surface area (Å²) in [6.07, 6.45) is 3.67. The molecule has 0 atom stereocenters. The van der Waals surface area contributed by atoms with Crippen LogP contribution in [0.25, 0.3) is 0 Å². The molecule has 5 nitrogen and oxygen atoms in total. The summed E-state index contributed by atoms with van der Waals surface area (Å²) in [4.78, 5) is 28.4. The minimum absolute atomic E-state index is 0.138. The topological polar surface area (TPSA) is 58.1 Å². The van der Waals surface area contributed by atoms with Gasteiger partial charge in [0.05, 0.1) is 0 Å². The van der Waals surface area contributed by atoms with E-state index in [9.17, 15) is 9.59 Å². The standard InChI is InChI=1S/C12H18ClN3O2/c1-9-10(13)14-12(18)16(11(9)17)8-7-15-5-3-2-4-6-15/h2-8H2,1H3,(H,14,18). The predicted molar refractivity (Wildman–Crippen MR) is 71.4 cm³/mol. The fourth-order valence-electron chi connectivity index (χ4n) is 2.27. The van der Waals surface area contributed by atoms with Crippen LogP contribution in [-0.2, 0) is 6.54 Å². The van der Waals surface area contributed by atoms with Gasteiger partial charge in [-0.3, -0.25) is 14.3 Å². The molecule has 0 amide bonds. The van der Waals surface area contributed by atoms with Crippen LogP contribution in [-0.4, -0.2) is 34.1 Å². The highest BCUT2D eigenvalue weighted by Crippen LogP contribution is 2.08. The lowest BCUT2D eigenvalue weighted by atomic mass is 10.1. The molecule has 1 aliphatic heterocycles. The van der Waals surface area contributed by atoms with Gasteiger partial charge < -0.3 is 4.90 Å². The smallest absolute Gasteiger partial charge is 0.302 e. The van der Waals surface area contributed by atoms with Gasteiger partial charge in [0.15, 0.2) is 0 Å². The van der Waals surface area contributed by atoms with E-state index in [0.717, 1.165) is 19.6 Å². The number of H-pyrrole nitrogens is 1. The molecule has 1 fully saturated rings. The maximum Gasteiger partial charge on any atom is 0.329 e. The Morgan fingerprint density at radius 3 is 2.50 bits per heavy atom. The fraction of sp³-hybridized carbons (Fsp3) is 0.667. The molecular weight excluding hydrogens is 254 g/mol. The first-order valence-corrected chi connectivity index (χ1v) is 6.69. The molecule has 2 rings (SSSR count). The van der Waals surface area contributed by atoms with E-state index in [1.165, 1.54) is 23.8 Å². The average Bonchev–Trinajstić information content (AvgIpc) is 2.37. The lowest BCUT2D eigenvalue weighted by Gasteiger charge is -2.26. The molecule has 0 saturated carbocycles. The van der Waals surface area contributed by atoms with Gasteiger partial charge in [0, 0.05) is 18.7 Å². The average molecular weight is 272 g/mol. The first-order valence-electron chi connectivity index (χ1n) is 6.31. The van der Waals surface area contributed by atoms with Gasteiger partial charge in [0.2, 0.25) is 0 Å². The number of piperidine rings is 1. The van der Waals surface area contributed by atoms with Gasteiger partial charge in [-0.05, 0) is 32.9 Å². The Labute approximate surface area is 110 Å². The molecule has 2 heterocycles. The molecule has 0 aliphatic carbocycles. The van der Waals surface area contributed by atoms with E-state index in [4.69, 9.17) is 11.6 Å². The van der Waals surface area contributed by atoms with E-state index in [-0.39, 0.29) is 10.7 Å². The number of aromatic amines is 1. The van der Waals surface area contributed by atoms with Gasteiger partial charge in [-0.1, -0.05) is 18.0 Å². The molecule has 100 valence electrons. The number of hydrogen-bond donors (Lipinski definition) is 1. The van der Waals surface area contributed by atoms with Crippen molar-refractivity contribution in [2.75, 3.05) is 19.6 Å². The Morgan fingerprint density at radius 2 is 1.83 bits per heavy atom. The van der Waals surface area contributed by atoms with Crippen LogP contribution >= 0.6 is 11.6 Å². The number of nitrogens with one attached hydrogen (secondary N) is 1. The third kappa shape index (κ3) is 2.84. The Balaban J connectivity index is 2.12. The quantitative estimate of drug-likeness (QED) is 0.834. The summed E-state index contributed by atoms with van der Waals surface area (Å²) >= 11 is 5.76. The zero-order valence-corrected chi connectivity index (χ0v) is 11.3. The second-order valence-corrected chi connectivity index (χ2v) is 5.11. The van der Waals surface area contributed by atoms with Crippen LogP contribution in [0.1, 0.15) is 24.8 Å². The Kier molecular flexibility index (Phi) is 4.24. The van der Waals surface area contributed by atoms with Gasteiger partial charge >= 0.3 is 5.69 Å². The number of likely N-dealkylation sites (tertiary alicyclic amines) is 1. The van der Waals surface area contributed by atoms with Crippen LogP contribution in [0, 0.1) is 6.92 Å². The van der Waals surface area contributed by atoms with Crippen molar-refractivity contribution in [2.24, 2.45) is 0 Å². The van der Waals surface area contributed by atoms with Crippen molar-refractivity contribution < 1.29 is 0 Å². The van der Waals surface area contributed by atoms with E-state index in [1.807, 2.05) is 0 Å². The summed E-state index contributed by atoms with van der Waals surface area (Å²) in [6, 6.07) is 0. The number of halogens is 1. The molecule has 1 saturated heterocycles. The van der Waals surface area contributed by atoms with Gasteiger partial charge in [-0.25, -0.2) is 4.79 Å². The Hall–Kier alpha value is -1.07. The summed E-state index contributed by atoms with van der Waals surface area (Å²) in [5.41, 5.74) is -0.316. The lowest BCUT2D eigenvalue weighted by Crippen LogP contribution is -2.41. The van der Waals surface area contributed by atoms with E-state index in [1.54, 1.807) is 6.92 Å². The Bertz CT molecular complexity index is 529. The summed E-state index contributed by atoms with van der Waals surface area (Å²) < 4.78 is 1.23. The molecule has 1 aromatic rings. The molecule has 0 spiro atoms. The van der Waals surface area contributed by atoms with Crippen molar-refractivity contribution in [1.82, 2.24) is 14.5 Å². The van der Waals surface area contributed by atoms with Crippen LogP contribution in [0.5, 0.6) is 0 Å². The highest BCUT2D eigenvalue weighted by atomic mass is 35.5. The zero-order valence-electron chi connectivity index (χ0n) is 10.5. The molecule has 1 aliphatic rings. The molecule has 1 aromatic heterocycles. The van der Waals surface area contributed by atoms with Gasteiger partial charge in [-0.15, -0.1) is 0 Å². The zero-order chi connectivity index (χ0) is 13.1. The van der Waals surface area contributed by atoms with E-state index >= 15 is 0 Å². The highest BCUT2D eigenvalue weighted by molar-refractivity contribution is 6.30. The monoisotopic (exact) mass is 271 g/mol. The van der Waals surface area contributed by atoms with Crippen molar-refractivity contribution in [1.29, 1.82) is 0 Å². The lowest BCUT2D eigenvalue weighted by molar-refractivity contribution is 0.219.